The lowest BCUT2D eigenvalue weighted by molar-refractivity contribution is -0.141. The Balaban J connectivity index is 1.96. The van der Waals surface area contributed by atoms with E-state index >= 15 is 0 Å². The van der Waals surface area contributed by atoms with Gasteiger partial charge in [0, 0.05) is 22.6 Å². The average molecular weight is 526 g/mol. The van der Waals surface area contributed by atoms with Crippen LogP contribution in [0.25, 0.3) is 0 Å². The predicted molar refractivity (Wildman–Crippen MR) is 129 cm³/mol. The molecule has 1 aliphatic rings. The zero-order valence-corrected chi connectivity index (χ0v) is 21.2. The summed E-state index contributed by atoms with van der Waals surface area (Å²) < 4.78 is 26.4. The third kappa shape index (κ3) is 5.21. The summed E-state index contributed by atoms with van der Waals surface area (Å²) in [5, 5.41) is 3.48. The highest BCUT2D eigenvalue weighted by Crippen LogP contribution is 2.30. The molecule has 11 heteroatoms. The first-order valence-electron chi connectivity index (χ1n) is 10.7. The second-order valence-corrected chi connectivity index (χ2v) is 10.8. The Kier molecular flexibility index (Phi) is 7.90. The summed E-state index contributed by atoms with van der Waals surface area (Å²) in [5.74, 6) is -1.88. The van der Waals surface area contributed by atoms with E-state index in [0.717, 1.165) is 0 Å². The maximum atomic E-state index is 13.5. The molecule has 1 aliphatic heterocycles. The van der Waals surface area contributed by atoms with Gasteiger partial charge in [-0.25, -0.2) is 12.7 Å². The normalized spacial score (nSPS) is 15.2. The van der Waals surface area contributed by atoms with Gasteiger partial charge in [-0.2, -0.15) is 0 Å². The average Bonchev–Trinajstić information content (AvgIpc) is 2.95. The number of nitrogens with zero attached hydrogens (tertiary/aromatic N) is 2. The minimum Gasteiger partial charge on any atom is -0.352 e. The van der Waals surface area contributed by atoms with Crippen LogP contribution in [0, 0.1) is 0 Å². The molecule has 2 aromatic rings. The van der Waals surface area contributed by atoms with Crippen molar-refractivity contribution in [3.8, 4) is 0 Å². The molecule has 1 atom stereocenters. The van der Waals surface area contributed by atoms with Gasteiger partial charge in [-0.15, -0.1) is 0 Å². The van der Waals surface area contributed by atoms with Crippen LogP contribution < -0.4 is 5.32 Å². The third-order valence-electron chi connectivity index (χ3n) is 5.36. The van der Waals surface area contributed by atoms with E-state index in [0.29, 0.717) is 19.9 Å². The highest BCUT2D eigenvalue weighted by molar-refractivity contribution is 7.90. The van der Waals surface area contributed by atoms with Gasteiger partial charge in [0.25, 0.3) is 15.9 Å². The molecule has 1 N–H and O–H groups in total. The molecule has 0 saturated carbocycles. The van der Waals surface area contributed by atoms with Crippen LogP contribution in [0.15, 0.2) is 47.4 Å². The number of amides is 3. The molecule has 8 nitrogen and oxygen atoms in total. The van der Waals surface area contributed by atoms with Crippen LogP contribution in [0.1, 0.15) is 43.1 Å². The lowest BCUT2D eigenvalue weighted by atomic mass is 10.1. The van der Waals surface area contributed by atoms with E-state index in [1.54, 1.807) is 39.0 Å². The number of halogens is 2. The zero-order chi connectivity index (χ0) is 25.2. The van der Waals surface area contributed by atoms with Crippen molar-refractivity contribution in [2.24, 2.45) is 0 Å². The largest absolute Gasteiger partial charge is 0.352 e. The number of nitrogens with one attached hydrogen (secondary N) is 1. The fourth-order valence-electron chi connectivity index (χ4n) is 3.73. The van der Waals surface area contributed by atoms with Gasteiger partial charge in [0.2, 0.25) is 11.8 Å². The van der Waals surface area contributed by atoms with E-state index in [-0.39, 0.29) is 29.5 Å². The minimum absolute atomic E-state index is 0.00666. The molecule has 1 unspecified atom stereocenters. The van der Waals surface area contributed by atoms with Gasteiger partial charge in [-0.05, 0) is 50.1 Å². The molecule has 0 bridgehead atoms. The Morgan fingerprint density at radius 3 is 2.38 bits per heavy atom. The van der Waals surface area contributed by atoms with E-state index in [9.17, 15) is 22.8 Å². The molecule has 0 spiro atoms. The Morgan fingerprint density at radius 2 is 1.79 bits per heavy atom. The van der Waals surface area contributed by atoms with Crippen molar-refractivity contribution < 1.29 is 22.8 Å². The van der Waals surface area contributed by atoms with Crippen molar-refractivity contribution >= 4 is 50.9 Å². The van der Waals surface area contributed by atoms with Crippen molar-refractivity contribution in [1.82, 2.24) is 14.5 Å². The van der Waals surface area contributed by atoms with Crippen molar-refractivity contribution in [2.45, 2.75) is 50.7 Å². The van der Waals surface area contributed by atoms with Crippen LogP contribution in [0.5, 0.6) is 0 Å². The third-order valence-corrected chi connectivity index (χ3v) is 7.74. The number of rotatable bonds is 8. The quantitative estimate of drug-likeness (QED) is 0.568. The van der Waals surface area contributed by atoms with E-state index < -0.39 is 40.3 Å². The summed E-state index contributed by atoms with van der Waals surface area (Å²) >= 11 is 12.3. The first-order valence-corrected chi connectivity index (χ1v) is 12.9. The van der Waals surface area contributed by atoms with E-state index in [4.69, 9.17) is 23.2 Å². The molecule has 0 aromatic heterocycles. The first-order chi connectivity index (χ1) is 16.0. The van der Waals surface area contributed by atoms with Crippen molar-refractivity contribution in [1.29, 1.82) is 0 Å². The molecule has 0 aliphatic carbocycles. The summed E-state index contributed by atoms with van der Waals surface area (Å²) in [6, 6.07) is 9.44. The van der Waals surface area contributed by atoms with Crippen LogP contribution in [0.4, 0.5) is 0 Å². The lowest BCUT2D eigenvalue weighted by Crippen LogP contribution is -2.53. The summed E-state index contributed by atoms with van der Waals surface area (Å²) in [6.45, 7) is 4.50. The smallest absolute Gasteiger partial charge is 0.269 e. The van der Waals surface area contributed by atoms with Crippen molar-refractivity contribution in [3.63, 3.8) is 0 Å². The second-order valence-electron chi connectivity index (χ2n) is 8.16. The molecule has 0 fully saturated rings. The van der Waals surface area contributed by atoms with Gasteiger partial charge in [-0.1, -0.05) is 48.3 Å². The number of fused-ring (bicyclic) bond motifs is 1. The number of carbonyl (C=O) groups excluding carboxylic acids is 3. The molecule has 3 amide bonds. The lowest BCUT2D eigenvalue weighted by Gasteiger charge is -2.32. The number of hydrogen-bond donors (Lipinski definition) is 1. The molecular weight excluding hydrogens is 501 g/mol. The molecule has 182 valence electrons. The van der Waals surface area contributed by atoms with Gasteiger partial charge < -0.3 is 10.2 Å². The van der Waals surface area contributed by atoms with Crippen LogP contribution in [-0.4, -0.2) is 54.0 Å². The fourth-order valence-corrected chi connectivity index (χ4v) is 5.72. The predicted octanol–water partition coefficient (Wildman–Crippen LogP) is 3.47. The van der Waals surface area contributed by atoms with Gasteiger partial charge in [-0.3, -0.25) is 14.4 Å². The summed E-state index contributed by atoms with van der Waals surface area (Å²) in [6.07, 6.45) is 0.260. The summed E-state index contributed by atoms with van der Waals surface area (Å²) in [4.78, 5) is 40.3. The number of carbonyl (C=O) groups is 3. The van der Waals surface area contributed by atoms with E-state index in [2.05, 4.69) is 5.32 Å². The topological polar surface area (TPSA) is 104 Å². The summed E-state index contributed by atoms with van der Waals surface area (Å²) in [5.41, 5.74) is 0.529. The minimum atomic E-state index is -4.19. The molecule has 1 heterocycles. The van der Waals surface area contributed by atoms with Gasteiger partial charge in [0.05, 0.1) is 5.56 Å². The van der Waals surface area contributed by atoms with Crippen LogP contribution >= 0.6 is 23.2 Å². The SMILES string of the molecule is CCC(C(=O)NC(C)C)N(Cc1ccc(Cl)cc1Cl)C(=O)CN1C(=O)c2ccccc2S1(=O)=O. The second kappa shape index (κ2) is 10.3. The van der Waals surface area contributed by atoms with Crippen LogP contribution in [-0.2, 0) is 26.2 Å². The number of sulfonamides is 1. The van der Waals surface area contributed by atoms with E-state index in [1.807, 2.05) is 0 Å². The molecule has 34 heavy (non-hydrogen) atoms. The van der Waals surface area contributed by atoms with Crippen LogP contribution in [0.3, 0.4) is 0 Å². The Morgan fingerprint density at radius 1 is 1.12 bits per heavy atom. The van der Waals surface area contributed by atoms with Crippen molar-refractivity contribution in [3.05, 3.63) is 63.6 Å². The Hall–Kier alpha value is -2.62. The highest BCUT2D eigenvalue weighted by Gasteiger charge is 2.43. The molecule has 2 aromatic carbocycles. The maximum Gasteiger partial charge on any atom is 0.269 e. The summed E-state index contributed by atoms with van der Waals surface area (Å²) in [7, 11) is -4.19. The Bertz CT molecular complexity index is 1230. The van der Waals surface area contributed by atoms with Crippen LogP contribution in [0.2, 0.25) is 10.0 Å². The molecule has 0 radical (unpaired) electrons. The van der Waals surface area contributed by atoms with Crippen molar-refractivity contribution in [2.75, 3.05) is 6.54 Å². The zero-order valence-electron chi connectivity index (χ0n) is 18.9. The van der Waals surface area contributed by atoms with Gasteiger partial charge >= 0.3 is 0 Å². The van der Waals surface area contributed by atoms with E-state index in [1.165, 1.54) is 29.2 Å². The number of hydrogen-bond acceptors (Lipinski definition) is 5. The fraction of sp³-hybridized carbons (Fsp3) is 0.348. The molecular formula is C23H25Cl2N3O5S. The first kappa shape index (κ1) is 26.0. The highest BCUT2D eigenvalue weighted by atomic mass is 35.5. The standard InChI is InChI=1S/C23H25Cl2N3O5S/c1-4-19(22(30)26-14(2)3)27(12-15-9-10-16(24)11-18(15)25)21(29)13-28-23(31)17-7-5-6-8-20(17)34(28,32)33/h5-11,14,19H,4,12-13H2,1-3H3,(H,26,30). The molecule has 3 rings (SSSR count). The molecule has 0 saturated heterocycles. The monoisotopic (exact) mass is 525 g/mol. The van der Waals surface area contributed by atoms with Gasteiger partial charge in [0.15, 0.2) is 0 Å². The Labute approximate surface area is 208 Å². The maximum absolute atomic E-state index is 13.5. The van der Waals surface area contributed by atoms with Gasteiger partial charge in [0.1, 0.15) is 17.5 Å². The number of benzene rings is 2.